The van der Waals surface area contributed by atoms with Gasteiger partial charge in [0.1, 0.15) is 0 Å². The minimum absolute atomic E-state index is 0.0838. The fourth-order valence-corrected chi connectivity index (χ4v) is 1.20. The topological polar surface area (TPSA) is 40.5 Å². The third-order valence-corrected chi connectivity index (χ3v) is 2.06. The van der Waals surface area contributed by atoms with Crippen LogP contribution in [0.4, 0.5) is 0 Å². The van der Waals surface area contributed by atoms with Crippen molar-refractivity contribution in [3.8, 4) is 0 Å². The van der Waals surface area contributed by atoms with Gasteiger partial charge in [0.15, 0.2) is 0 Å². The molecule has 2 N–H and O–H groups in total. The molecule has 0 spiro atoms. The van der Waals surface area contributed by atoms with Crippen LogP contribution < -0.4 is 0 Å². The first-order valence-electron chi connectivity index (χ1n) is 4.26. The van der Waals surface area contributed by atoms with Crippen LogP contribution in [0.1, 0.15) is 11.7 Å². The molecule has 0 aliphatic heterocycles. The summed E-state index contributed by atoms with van der Waals surface area (Å²) >= 11 is 0. The van der Waals surface area contributed by atoms with Crippen molar-refractivity contribution in [2.75, 3.05) is 6.61 Å². The van der Waals surface area contributed by atoms with Crippen molar-refractivity contribution in [2.24, 2.45) is 5.92 Å². The highest BCUT2D eigenvalue weighted by Crippen LogP contribution is 2.21. The van der Waals surface area contributed by atoms with E-state index in [-0.39, 0.29) is 12.5 Å². The summed E-state index contributed by atoms with van der Waals surface area (Å²) in [7, 11) is 0. The molecule has 0 aromatic heterocycles. The van der Waals surface area contributed by atoms with Crippen LogP contribution in [-0.4, -0.2) is 16.8 Å². The van der Waals surface area contributed by atoms with Crippen molar-refractivity contribution >= 4 is 0 Å². The van der Waals surface area contributed by atoms with Crippen molar-refractivity contribution in [2.45, 2.75) is 6.10 Å². The van der Waals surface area contributed by atoms with E-state index in [9.17, 15) is 5.11 Å². The molecule has 0 unspecified atom stereocenters. The molecule has 13 heavy (non-hydrogen) atoms. The normalized spacial score (nSPS) is 14.9. The van der Waals surface area contributed by atoms with Crippen LogP contribution in [-0.2, 0) is 0 Å². The average molecular weight is 178 g/mol. The quantitative estimate of drug-likeness (QED) is 0.686. The Balaban J connectivity index is 2.77. The van der Waals surface area contributed by atoms with Crippen LogP contribution in [0.3, 0.4) is 0 Å². The van der Waals surface area contributed by atoms with Crippen LogP contribution in [0.2, 0.25) is 0 Å². The summed E-state index contributed by atoms with van der Waals surface area (Å²) in [6.45, 7) is 3.47. The van der Waals surface area contributed by atoms with Gasteiger partial charge in [0.2, 0.25) is 0 Å². The smallest absolute Gasteiger partial charge is 0.0874 e. The predicted molar refractivity (Wildman–Crippen MR) is 52.2 cm³/mol. The van der Waals surface area contributed by atoms with E-state index in [1.54, 1.807) is 6.08 Å². The van der Waals surface area contributed by atoms with Gasteiger partial charge in [-0.15, -0.1) is 6.58 Å². The standard InChI is InChI=1S/C11H14O2/c1-2-9(8-12)11(13)10-6-4-3-5-7-10/h2-7,9,11-13H,1,8H2/t9-,11-/m0/s1. The fraction of sp³-hybridized carbons (Fsp3) is 0.273. The monoisotopic (exact) mass is 178 g/mol. The second-order valence-electron chi connectivity index (χ2n) is 2.94. The molecule has 1 aromatic rings. The number of aliphatic hydroxyl groups is 2. The van der Waals surface area contributed by atoms with Gasteiger partial charge in [0.05, 0.1) is 12.7 Å². The highest BCUT2D eigenvalue weighted by molar-refractivity contribution is 5.19. The van der Waals surface area contributed by atoms with Gasteiger partial charge in [0.25, 0.3) is 0 Å². The van der Waals surface area contributed by atoms with Gasteiger partial charge in [-0.3, -0.25) is 0 Å². The molecule has 0 heterocycles. The number of hydrogen-bond acceptors (Lipinski definition) is 2. The highest BCUT2D eigenvalue weighted by Gasteiger charge is 2.16. The maximum absolute atomic E-state index is 9.75. The molecule has 0 radical (unpaired) electrons. The van der Waals surface area contributed by atoms with Crippen LogP contribution in [0.5, 0.6) is 0 Å². The van der Waals surface area contributed by atoms with E-state index < -0.39 is 6.10 Å². The molecule has 0 aliphatic rings. The Morgan fingerprint density at radius 1 is 1.31 bits per heavy atom. The SMILES string of the molecule is C=C[C@@H](CO)[C@H](O)c1ccccc1. The van der Waals surface area contributed by atoms with E-state index in [1.165, 1.54) is 0 Å². The lowest BCUT2D eigenvalue weighted by atomic mass is 9.97. The van der Waals surface area contributed by atoms with Gasteiger partial charge in [-0.2, -0.15) is 0 Å². The van der Waals surface area contributed by atoms with Crippen LogP contribution in [0, 0.1) is 5.92 Å². The van der Waals surface area contributed by atoms with Gasteiger partial charge >= 0.3 is 0 Å². The first kappa shape index (κ1) is 9.96. The van der Waals surface area contributed by atoms with E-state index in [0.717, 1.165) is 5.56 Å². The number of rotatable bonds is 4. The van der Waals surface area contributed by atoms with E-state index in [4.69, 9.17) is 5.11 Å². The van der Waals surface area contributed by atoms with Crippen molar-refractivity contribution < 1.29 is 10.2 Å². The minimum atomic E-state index is -0.663. The third-order valence-electron chi connectivity index (χ3n) is 2.06. The summed E-state index contributed by atoms with van der Waals surface area (Å²) in [6, 6.07) is 9.26. The molecular formula is C11H14O2. The third kappa shape index (κ3) is 2.41. The molecule has 0 bridgehead atoms. The maximum atomic E-state index is 9.75. The Morgan fingerprint density at radius 2 is 1.92 bits per heavy atom. The largest absolute Gasteiger partial charge is 0.396 e. The Hall–Kier alpha value is -1.12. The molecule has 2 atom stereocenters. The molecule has 0 saturated heterocycles. The highest BCUT2D eigenvalue weighted by atomic mass is 16.3. The maximum Gasteiger partial charge on any atom is 0.0874 e. The zero-order valence-corrected chi connectivity index (χ0v) is 7.43. The number of aliphatic hydroxyl groups excluding tert-OH is 2. The van der Waals surface area contributed by atoms with Crippen molar-refractivity contribution in [3.63, 3.8) is 0 Å². The second-order valence-corrected chi connectivity index (χ2v) is 2.94. The number of hydrogen-bond donors (Lipinski definition) is 2. The van der Waals surface area contributed by atoms with Gasteiger partial charge in [0, 0.05) is 5.92 Å². The molecule has 70 valence electrons. The summed E-state index contributed by atoms with van der Waals surface area (Å²) in [5.41, 5.74) is 0.807. The van der Waals surface area contributed by atoms with Crippen LogP contribution in [0.15, 0.2) is 43.0 Å². The predicted octanol–water partition coefficient (Wildman–Crippen LogP) is 1.51. The first-order chi connectivity index (χ1) is 6.29. The zero-order chi connectivity index (χ0) is 9.68. The minimum Gasteiger partial charge on any atom is -0.396 e. The fourth-order valence-electron chi connectivity index (χ4n) is 1.20. The molecule has 0 amide bonds. The Morgan fingerprint density at radius 3 is 2.38 bits per heavy atom. The van der Waals surface area contributed by atoms with Crippen molar-refractivity contribution in [1.82, 2.24) is 0 Å². The van der Waals surface area contributed by atoms with Crippen LogP contribution >= 0.6 is 0 Å². The lowest BCUT2D eigenvalue weighted by Crippen LogP contribution is -2.13. The van der Waals surface area contributed by atoms with E-state index >= 15 is 0 Å². The van der Waals surface area contributed by atoms with Crippen molar-refractivity contribution in [1.29, 1.82) is 0 Å². The second kappa shape index (κ2) is 4.80. The van der Waals surface area contributed by atoms with E-state index in [0.29, 0.717) is 0 Å². The summed E-state index contributed by atoms with van der Waals surface area (Å²) in [5.74, 6) is -0.289. The molecule has 2 nitrogen and oxygen atoms in total. The van der Waals surface area contributed by atoms with E-state index in [2.05, 4.69) is 6.58 Å². The molecule has 0 aliphatic carbocycles. The molecule has 1 aromatic carbocycles. The Labute approximate surface area is 78.2 Å². The lowest BCUT2D eigenvalue weighted by molar-refractivity contribution is 0.0921. The number of benzene rings is 1. The van der Waals surface area contributed by atoms with Crippen molar-refractivity contribution in [3.05, 3.63) is 48.6 Å². The molecule has 1 rings (SSSR count). The van der Waals surface area contributed by atoms with Gasteiger partial charge < -0.3 is 10.2 Å². The molecule has 0 fully saturated rings. The van der Waals surface area contributed by atoms with Gasteiger partial charge in [-0.05, 0) is 5.56 Å². The lowest BCUT2D eigenvalue weighted by Gasteiger charge is -2.17. The molecule has 2 heteroatoms. The summed E-state index contributed by atoms with van der Waals surface area (Å²) < 4.78 is 0. The Bertz CT molecular complexity index is 256. The average Bonchev–Trinajstić information content (AvgIpc) is 2.21. The van der Waals surface area contributed by atoms with Crippen LogP contribution in [0.25, 0.3) is 0 Å². The molecular weight excluding hydrogens is 164 g/mol. The van der Waals surface area contributed by atoms with Gasteiger partial charge in [-0.25, -0.2) is 0 Å². The van der Waals surface area contributed by atoms with Gasteiger partial charge in [-0.1, -0.05) is 36.4 Å². The summed E-state index contributed by atoms with van der Waals surface area (Å²) in [4.78, 5) is 0. The summed E-state index contributed by atoms with van der Waals surface area (Å²) in [5, 5.41) is 18.7. The zero-order valence-electron chi connectivity index (χ0n) is 7.43. The van der Waals surface area contributed by atoms with E-state index in [1.807, 2.05) is 30.3 Å². The summed E-state index contributed by atoms with van der Waals surface area (Å²) in [6.07, 6.45) is 0.904. The Kier molecular flexibility index (Phi) is 3.68. The first-order valence-corrected chi connectivity index (χ1v) is 4.26. The molecule has 0 saturated carbocycles.